The maximum absolute atomic E-state index is 14.8. The van der Waals surface area contributed by atoms with Crippen LogP contribution in [-0.4, -0.2) is 55.7 Å². The van der Waals surface area contributed by atoms with Crippen LogP contribution in [0.2, 0.25) is 0 Å². The number of amides is 2. The highest BCUT2D eigenvalue weighted by atomic mass is 19.4. The van der Waals surface area contributed by atoms with Gasteiger partial charge in [-0.3, -0.25) is 9.59 Å². The van der Waals surface area contributed by atoms with Gasteiger partial charge in [-0.25, -0.2) is 18.7 Å². The minimum absolute atomic E-state index is 0.0759. The number of ether oxygens (including phenoxy) is 1. The maximum atomic E-state index is 14.8. The van der Waals surface area contributed by atoms with Crippen molar-refractivity contribution >= 4 is 17.5 Å². The number of carbonyl (C=O) groups excluding carboxylic acids is 2. The second-order valence-corrected chi connectivity index (χ2v) is 11.3. The number of rotatable bonds is 7. The number of pyridine rings is 2. The number of aromatic nitrogens is 3. The third-order valence-corrected chi connectivity index (χ3v) is 7.53. The Bertz CT molecular complexity index is 1800. The Kier molecular flexibility index (Phi) is 7.17. The fourth-order valence-corrected chi connectivity index (χ4v) is 4.72. The molecule has 232 valence electrons. The Hall–Kier alpha value is -4.63. The first-order valence-corrected chi connectivity index (χ1v) is 13.1. The van der Waals surface area contributed by atoms with Gasteiger partial charge in [-0.2, -0.15) is 13.2 Å². The van der Waals surface area contributed by atoms with Crippen molar-refractivity contribution in [3.8, 4) is 17.0 Å². The molecule has 4 heterocycles. The molecule has 0 bridgehead atoms. The third-order valence-electron chi connectivity index (χ3n) is 7.53. The molecule has 15 heteroatoms. The normalized spacial score (nSPS) is 18.0. The molecule has 10 nitrogen and oxygen atoms in total. The number of carbonyl (C=O) groups is 2. The molecule has 4 aromatic rings. The van der Waals surface area contributed by atoms with Crippen LogP contribution in [0.1, 0.15) is 48.1 Å². The van der Waals surface area contributed by atoms with Crippen LogP contribution in [0.4, 0.5) is 22.0 Å². The van der Waals surface area contributed by atoms with E-state index in [0.717, 1.165) is 34.9 Å². The molecule has 5 N–H and O–H groups in total. The standard InChI is InChI=1S/C29H26F5N5O5/c1-26(2,42)20-11-39-10-15(8-18(31)23(39)38-20)24(40)36-12-28(43,29(32,33)34)19-9-17-22(44-13-27(17,3)25(35)41)21(37-19)14-4-6-16(30)7-5-14/h4-11,42-43H,12-13H2,1-3H3,(H2,35,41)(H,36,40)/t27-,28-/m0/s1. The molecule has 2 atom stereocenters. The van der Waals surface area contributed by atoms with Gasteiger partial charge in [0.05, 0.1) is 23.5 Å². The monoisotopic (exact) mass is 619 g/mol. The molecule has 0 fully saturated rings. The van der Waals surface area contributed by atoms with Crippen molar-refractivity contribution in [2.75, 3.05) is 13.2 Å². The molecular weight excluding hydrogens is 593 g/mol. The number of halogens is 5. The smallest absolute Gasteiger partial charge is 0.424 e. The minimum Gasteiger partial charge on any atom is -0.489 e. The van der Waals surface area contributed by atoms with Crippen LogP contribution in [0.3, 0.4) is 0 Å². The molecule has 2 amide bonds. The molecule has 0 unspecified atom stereocenters. The molecule has 0 aliphatic carbocycles. The highest BCUT2D eigenvalue weighted by Crippen LogP contribution is 2.47. The third kappa shape index (κ3) is 5.11. The van der Waals surface area contributed by atoms with Crippen LogP contribution in [0.15, 0.2) is 48.8 Å². The summed E-state index contributed by atoms with van der Waals surface area (Å²) in [5.41, 5.74) is -3.13. The lowest BCUT2D eigenvalue weighted by Gasteiger charge is -2.31. The molecule has 44 heavy (non-hydrogen) atoms. The molecule has 1 aliphatic heterocycles. The van der Waals surface area contributed by atoms with Gasteiger partial charge >= 0.3 is 6.18 Å². The Morgan fingerprint density at radius 3 is 2.32 bits per heavy atom. The Morgan fingerprint density at radius 1 is 1.07 bits per heavy atom. The van der Waals surface area contributed by atoms with Crippen molar-refractivity contribution in [2.45, 2.75) is 43.6 Å². The van der Waals surface area contributed by atoms with Crippen LogP contribution in [0.5, 0.6) is 5.75 Å². The number of nitrogens with one attached hydrogen (secondary N) is 1. The average molecular weight is 620 g/mol. The van der Waals surface area contributed by atoms with Gasteiger partial charge in [0.25, 0.3) is 5.91 Å². The Morgan fingerprint density at radius 2 is 1.73 bits per heavy atom. The average Bonchev–Trinajstić information content (AvgIpc) is 3.54. The molecule has 1 aromatic carbocycles. The van der Waals surface area contributed by atoms with E-state index in [9.17, 15) is 41.8 Å². The lowest BCUT2D eigenvalue weighted by Crippen LogP contribution is -2.51. The van der Waals surface area contributed by atoms with E-state index in [1.54, 1.807) is 0 Å². The van der Waals surface area contributed by atoms with Gasteiger partial charge in [-0.05, 0) is 57.2 Å². The number of nitrogens with two attached hydrogens (primary N) is 1. The second kappa shape index (κ2) is 10.2. The number of nitrogens with zero attached hydrogens (tertiary/aromatic N) is 3. The highest BCUT2D eigenvalue weighted by molar-refractivity contribution is 5.94. The van der Waals surface area contributed by atoms with Crippen molar-refractivity contribution in [3.63, 3.8) is 0 Å². The van der Waals surface area contributed by atoms with Crippen molar-refractivity contribution in [1.82, 2.24) is 19.7 Å². The molecule has 0 radical (unpaired) electrons. The van der Waals surface area contributed by atoms with E-state index in [4.69, 9.17) is 10.5 Å². The van der Waals surface area contributed by atoms with Gasteiger partial charge in [0.2, 0.25) is 11.5 Å². The predicted molar refractivity (Wildman–Crippen MR) is 144 cm³/mol. The molecule has 5 rings (SSSR count). The summed E-state index contributed by atoms with van der Waals surface area (Å²) in [6.07, 6.45) is -3.09. The molecule has 0 saturated heterocycles. The first-order chi connectivity index (χ1) is 20.3. The van der Waals surface area contributed by atoms with Crippen LogP contribution >= 0.6 is 0 Å². The topological polar surface area (TPSA) is 152 Å². The van der Waals surface area contributed by atoms with Gasteiger partial charge in [0, 0.05) is 23.5 Å². The van der Waals surface area contributed by atoms with Gasteiger partial charge in [-0.1, -0.05) is 0 Å². The lowest BCUT2D eigenvalue weighted by molar-refractivity contribution is -0.265. The number of hydrogen-bond donors (Lipinski definition) is 4. The van der Waals surface area contributed by atoms with Crippen LogP contribution in [-0.2, 0) is 21.4 Å². The Balaban J connectivity index is 1.57. The molecule has 1 aliphatic rings. The number of aliphatic hydroxyl groups is 2. The van der Waals surface area contributed by atoms with Crippen molar-refractivity contribution in [2.24, 2.45) is 5.73 Å². The molecule has 3 aromatic heterocycles. The van der Waals surface area contributed by atoms with E-state index in [2.05, 4.69) is 9.97 Å². The number of hydrogen-bond acceptors (Lipinski definition) is 7. The van der Waals surface area contributed by atoms with E-state index in [1.165, 1.54) is 39.1 Å². The van der Waals surface area contributed by atoms with Gasteiger partial charge in [0.15, 0.2) is 11.5 Å². The van der Waals surface area contributed by atoms with E-state index < -0.39 is 64.0 Å². The summed E-state index contributed by atoms with van der Waals surface area (Å²) in [7, 11) is 0. The van der Waals surface area contributed by atoms with Crippen molar-refractivity contribution in [3.05, 3.63) is 82.9 Å². The zero-order valence-corrected chi connectivity index (χ0v) is 23.5. The minimum atomic E-state index is -5.44. The van der Waals surface area contributed by atoms with Crippen LogP contribution in [0, 0.1) is 11.6 Å². The first kappa shape index (κ1) is 30.8. The quantitative estimate of drug-likeness (QED) is 0.232. The molecule has 0 saturated carbocycles. The largest absolute Gasteiger partial charge is 0.489 e. The van der Waals surface area contributed by atoms with Gasteiger partial charge in [0.1, 0.15) is 34.9 Å². The van der Waals surface area contributed by atoms with Gasteiger partial charge < -0.3 is 30.4 Å². The molecule has 0 spiro atoms. The summed E-state index contributed by atoms with van der Waals surface area (Å²) in [6.45, 7) is 2.35. The number of primary amides is 1. The fourth-order valence-electron chi connectivity index (χ4n) is 4.72. The second-order valence-electron chi connectivity index (χ2n) is 11.3. The zero-order valence-electron chi connectivity index (χ0n) is 23.5. The number of benzene rings is 1. The predicted octanol–water partition coefficient (Wildman–Crippen LogP) is 3.22. The summed E-state index contributed by atoms with van der Waals surface area (Å²) in [6, 6.07) is 6.10. The van der Waals surface area contributed by atoms with E-state index in [-0.39, 0.29) is 40.5 Å². The van der Waals surface area contributed by atoms with Crippen LogP contribution in [0.25, 0.3) is 16.9 Å². The number of fused-ring (bicyclic) bond motifs is 2. The Labute approximate surface area is 246 Å². The maximum Gasteiger partial charge on any atom is 0.424 e. The lowest BCUT2D eigenvalue weighted by atomic mass is 9.81. The first-order valence-electron chi connectivity index (χ1n) is 13.1. The summed E-state index contributed by atoms with van der Waals surface area (Å²) < 4.78 is 78.9. The summed E-state index contributed by atoms with van der Waals surface area (Å²) in [5, 5.41) is 23.3. The van der Waals surface area contributed by atoms with Crippen molar-refractivity contribution in [1.29, 1.82) is 0 Å². The summed E-state index contributed by atoms with van der Waals surface area (Å²) >= 11 is 0. The number of alkyl halides is 3. The summed E-state index contributed by atoms with van der Waals surface area (Å²) in [5.74, 6) is -3.82. The summed E-state index contributed by atoms with van der Waals surface area (Å²) in [4.78, 5) is 33.3. The van der Waals surface area contributed by atoms with E-state index in [0.29, 0.717) is 0 Å². The molecular formula is C29H26F5N5O5. The fraction of sp³-hybridized carbons (Fsp3) is 0.310. The van der Waals surface area contributed by atoms with Gasteiger partial charge in [-0.15, -0.1) is 0 Å². The van der Waals surface area contributed by atoms with E-state index >= 15 is 0 Å². The highest BCUT2D eigenvalue weighted by Gasteiger charge is 2.57. The van der Waals surface area contributed by atoms with E-state index in [1.807, 2.05) is 5.32 Å². The van der Waals surface area contributed by atoms with Crippen molar-refractivity contribution < 1.29 is 46.5 Å². The number of imidazole rings is 1. The SMILES string of the molecule is CC(C)(O)c1cn2cc(C(=O)NC[C@](O)(c3cc4c(c(-c5ccc(F)cc5)n3)OC[C@]4(C)C(N)=O)C(F)(F)F)cc(F)c2n1. The zero-order chi connectivity index (χ0) is 32.4. The van der Waals surface area contributed by atoms with Crippen LogP contribution < -0.4 is 15.8 Å².